The third-order valence-corrected chi connectivity index (χ3v) is 5.05. The molecule has 0 radical (unpaired) electrons. The van der Waals surface area contributed by atoms with Gasteiger partial charge in [0.1, 0.15) is 5.01 Å². The maximum atomic E-state index is 10.9. The van der Waals surface area contributed by atoms with Crippen LogP contribution in [-0.2, 0) is 6.54 Å². The fourth-order valence-corrected chi connectivity index (χ4v) is 3.60. The number of thiazole rings is 1. The standard InChI is InChI=1S/C16H20N4O2S/c1-11-8-19(12(2)7-17-11)9-14-10-23-16(18-14)13-4-3-5-15(6-13)20(21)22/h3-6,10-12,17H,7-9H2,1-2H3. The maximum absolute atomic E-state index is 10.9. The highest BCUT2D eigenvalue weighted by Gasteiger charge is 2.23. The molecule has 1 N–H and O–H groups in total. The Morgan fingerprint density at radius 1 is 1.48 bits per heavy atom. The second-order valence-corrected chi connectivity index (χ2v) is 6.90. The van der Waals surface area contributed by atoms with E-state index < -0.39 is 0 Å². The topological polar surface area (TPSA) is 71.3 Å². The van der Waals surface area contributed by atoms with Crippen molar-refractivity contribution in [1.82, 2.24) is 15.2 Å². The Bertz CT molecular complexity index is 703. The Kier molecular flexibility index (Phi) is 4.70. The Labute approximate surface area is 139 Å². The average molecular weight is 332 g/mol. The number of nitro groups is 1. The van der Waals surface area contributed by atoms with Crippen molar-refractivity contribution in [1.29, 1.82) is 0 Å². The summed E-state index contributed by atoms with van der Waals surface area (Å²) >= 11 is 1.54. The molecule has 1 aliphatic rings. The first-order valence-electron chi connectivity index (χ1n) is 7.69. The molecule has 0 amide bonds. The van der Waals surface area contributed by atoms with Gasteiger partial charge in [-0.05, 0) is 13.8 Å². The van der Waals surface area contributed by atoms with Crippen molar-refractivity contribution < 1.29 is 4.92 Å². The molecule has 0 spiro atoms. The first kappa shape index (κ1) is 16.0. The molecular weight excluding hydrogens is 312 g/mol. The molecule has 2 aromatic rings. The summed E-state index contributed by atoms with van der Waals surface area (Å²) in [6, 6.07) is 7.62. The lowest BCUT2D eigenvalue weighted by atomic mass is 10.1. The first-order chi connectivity index (χ1) is 11.0. The van der Waals surface area contributed by atoms with Gasteiger partial charge < -0.3 is 5.32 Å². The third kappa shape index (κ3) is 3.74. The van der Waals surface area contributed by atoms with Gasteiger partial charge in [-0.3, -0.25) is 15.0 Å². The van der Waals surface area contributed by atoms with E-state index >= 15 is 0 Å². The molecular formula is C16H20N4O2S. The Balaban J connectivity index is 1.75. The number of nitrogens with one attached hydrogen (secondary N) is 1. The van der Waals surface area contributed by atoms with Crippen LogP contribution in [0.25, 0.3) is 10.6 Å². The number of piperazine rings is 1. The molecule has 2 atom stereocenters. The highest BCUT2D eigenvalue weighted by molar-refractivity contribution is 7.13. The second kappa shape index (κ2) is 6.74. The minimum Gasteiger partial charge on any atom is -0.311 e. The Hall–Kier alpha value is -1.83. The molecule has 2 heterocycles. The predicted molar refractivity (Wildman–Crippen MR) is 91.5 cm³/mol. The number of rotatable bonds is 4. The summed E-state index contributed by atoms with van der Waals surface area (Å²) < 4.78 is 0. The van der Waals surface area contributed by atoms with Gasteiger partial charge in [-0.2, -0.15) is 0 Å². The van der Waals surface area contributed by atoms with Crippen LogP contribution in [0.5, 0.6) is 0 Å². The number of non-ortho nitro benzene ring substituents is 1. The molecule has 0 bridgehead atoms. The van der Waals surface area contributed by atoms with E-state index in [0.29, 0.717) is 12.1 Å². The quantitative estimate of drug-likeness (QED) is 0.688. The molecule has 1 aromatic carbocycles. The largest absolute Gasteiger partial charge is 0.311 e. The van der Waals surface area contributed by atoms with Crippen molar-refractivity contribution in [2.75, 3.05) is 13.1 Å². The zero-order valence-electron chi connectivity index (χ0n) is 13.2. The molecule has 7 heteroatoms. The van der Waals surface area contributed by atoms with Crippen LogP contribution in [0.1, 0.15) is 19.5 Å². The van der Waals surface area contributed by atoms with Gasteiger partial charge in [-0.1, -0.05) is 12.1 Å². The molecule has 1 aliphatic heterocycles. The van der Waals surface area contributed by atoms with E-state index in [0.717, 1.165) is 35.9 Å². The van der Waals surface area contributed by atoms with Crippen molar-refractivity contribution in [3.8, 4) is 10.6 Å². The van der Waals surface area contributed by atoms with E-state index in [1.54, 1.807) is 12.1 Å². The van der Waals surface area contributed by atoms with Gasteiger partial charge in [0.25, 0.3) is 5.69 Å². The first-order valence-corrected chi connectivity index (χ1v) is 8.57. The molecule has 2 unspecified atom stereocenters. The van der Waals surface area contributed by atoms with E-state index in [9.17, 15) is 10.1 Å². The maximum Gasteiger partial charge on any atom is 0.270 e. The van der Waals surface area contributed by atoms with Crippen molar-refractivity contribution in [3.63, 3.8) is 0 Å². The highest BCUT2D eigenvalue weighted by Crippen LogP contribution is 2.27. The van der Waals surface area contributed by atoms with Crippen molar-refractivity contribution in [2.45, 2.75) is 32.5 Å². The third-order valence-electron chi connectivity index (χ3n) is 4.11. The molecule has 0 saturated carbocycles. The summed E-state index contributed by atoms with van der Waals surface area (Å²) in [6.45, 7) is 7.22. The summed E-state index contributed by atoms with van der Waals surface area (Å²) in [5.41, 5.74) is 1.93. The van der Waals surface area contributed by atoms with Gasteiger partial charge in [0.05, 0.1) is 10.6 Å². The van der Waals surface area contributed by atoms with Gasteiger partial charge in [-0.25, -0.2) is 4.98 Å². The monoisotopic (exact) mass is 332 g/mol. The van der Waals surface area contributed by atoms with Gasteiger partial charge >= 0.3 is 0 Å². The van der Waals surface area contributed by atoms with Crippen LogP contribution in [-0.4, -0.2) is 40.0 Å². The Morgan fingerprint density at radius 3 is 3.09 bits per heavy atom. The number of benzene rings is 1. The normalized spacial score (nSPS) is 22.2. The lowest BCUT2D eigenvalue weighted by Crippen LogP contribution is -2.53. The molecule has 23 heavy (non-hydrogen) atoms. The van der Waals surface area contributed by atoms with Crippen LogP contribution in [0, 0.1) is 10.1 Å². The molecule has 3 rings (SSSR count). The van der Waals surface area contributed by atoms with Crippen molar-refractivity contribution in [3.05, 3.63) is 45.5 Å². The molecule has 122 valence electrons. The van der Waals surface area contributed by atoms with Gasteiger partial charge in [-0.15, -0.1) is 11.3 Å². The van der Waals surface area contributed by atoms with Crippen LogP contribution in [0.2, 0.25) is 0 Å². The Morgan fingerprint density at radius 2 is 2.30 bits per heavy atom. The van der Waals surface area contributed by atoms with Gasteiger partial charge in [0.15, 0.2) is 0 Å². The minimum absolute atomic E-state index is 0.101. The minimum atomic E-state index is -0.373. The number of hydrogen-bond donors (Lipinski definition) is 1. The van der Waals surface area contributed by atoms with Crippen LogP contribution >= 0.6 is 11.3 Å². The number of aromatic nitrogens is 1. The summed E-state index contributed by atoms with van der Waals surface area (Å²) in [6.07, 6.45) is 0. The van der Waals surface area contributed by atoms with E-state index in [1.807, 2.05) is 11.4 Å². The molecule has 1 aromatic heterocycles. The highest BCUT2D eigenvalue weighted by atomic mass is 32.1. The van der Waals surface area contributed by atoms with E-state index in [1.165, 1.54) is 17.4 Å². The molecule has 1 fully saturated rings. The second-order valence-electron chi connectivity index (χ2n) is 6.04. The predicted octanol–water partition coefficient (Wildman–Crippen LogP) is 2.90. The smallest absolute Gasteiger partial charge is 0.270 e. The van der Waals surface area contributed by atoms with Crippen LogP contribution < -0.4 is 5.32 Å². The van der Waals surface area contributed by atoms with Crippen LogP contribution in [0.3, 0.4) is 0 Å². The summed E-state index contributed by atoms with van der Waals surface area (Å²) in [7, 11) is 0. The van der Waals surface area contributed by atoms with Crippen molar-refractivity contribution >= 4 is 17.0 Å². The fraction of sp³-hybridized carbons (Fsp3) is 0.438. The lowest BCUT2D eigenvalue weighted by Gasteiger charge is -2.37. The summed E-state index contributed by atoms with van der Waals surface area (Å²) in [5, 5.41) is 17.2. The van der Waals surface area contributed by atoms with Crippen molar-refractivity contribution in [2.24, 2.45) is 0 Å². The van der Waals surface area contributed by atoms with E-state index in [-0.39, 0.29) is 10.6 Å². The average Bonchev–Trinajstić information content (AvgIpc) is 3.00. The number of hydrogen-bond acceptors (Lipinski definition) is 6. The van der Waals surface area contributed by atoms with E-state index in [4.69, 9.17) is 0 Å². The summed E-state index contributed by atoms with van der Waals surface area (Å²) in [5.74, 6) is 0. The summed E-state index contributed by atoms with van der Waals surface area (Å²) in [4.78, 5) is 17.6. The van der Waals surface area contributed by atoms with Gasteiger partial charge in [0, 0.05) is 54.8 Å². The lowest BCUT2D eigenvalue weighted by molar-refractivity contribution is -0.384. The fourth-order valence-electron chi connectivity index (χ4n) is 2.79. The zero-order chi connectivity index (χ0) is 16.4. The SMILES string of the molecule is CC1CN(Cc2csc(-c3cccc([N+](=O)[O-])c3)n2)C(C)CN1. The van der Waals surface area contributed by atoms with Crippen LogP contribution in [0.4, 0.5) is 5.69 Å². The van der Waals surface area contributed by atoms with Gasteiger partial charge in [0.2, 0.25) is 0 Å². The zero-order valence-corrected chi connectivity index (χ0v) is 14.0. The van der Waals surface area contributed by atoms with E-state index in [2.05, 4.69) is 29.0 Å². The molecule has 6 nitrogen and oxygen atoms in total. The molecule has 1 saturated heterocycles. The molecule has 0 aliphatic carbocycles. The number of nitrogens with zero attached hydrogens (tertiary/aromatic N) is 3. The number of nitro benzene ring substituents is 1. The van der Waals surface area contributed by atoms with Crippen LogP contribution in [0.15, 0.2) is 29.6 Å².